The van der Waals surface area contributed by atoms with Crippen LogP contribution in [0.4, 0.5) is 0 Å². The minimum Gasteiger partial charge on any atom is -0.313 e. The largest absolute Gasteiger partial charge is 0.313 e. The summed E-state index contributed by atoms with van der Waals surface area (Å²) in [6.45, 7) is 10.0. The summed E-state index contributed by atoms with van der Waals surface area (Å²) in [5.41, 5.74) is 1.57. The molecule has 1 N–H and O–H groups in total. The number of rotatable bonds is 2. The summed E-state index contributed by atoms with van der Waals surface area (Å²) in [6.07, 6.45) is 3.74. The van der Waals surface area contributed by atoms with E-state index >= 15 is 0 Å². The first kappa shape index (κ1) is 11.6. The Morgan fingerprint density at radius 1 is 1.44 bits per heavy atom. The second-order valence-corrected chi connectivity index (χ2v) is 5.28. The third-order valence-electron chi connectivity index (χ3n) is 3.41. The van der Waals surface area contributed by atoms with Gasteiger partial charge < -0.3 is 5.32 Å². The zero-order valence-corrected chi connectivity index (χ0v) is 10.4. The maximum absolute atomic E-state index is 4.06. The molecule has 0 aliphatic carbocycles. The average Bonchev–Trinajstić information content (AvgIpc) is 2.25. The molecule has 1 aromatic rings. The predicted octanol–water partition coefficient (Wildman–Crippen LogP) is 1.65. The summed E-state index contributed by atoms with van der Waals surface area (Å²) in [4.78, 5) is 6.63. The van der Waals surface area contributed by atoms with E-state index in [0.29, 0.717) is 6.04 Å². The molecule has 3 nitrogen and oxygen atoms in total. The molecule has 1 aliphatic heterocycles. The molecule has 3 heteroatoms. The Morgan fingerprint density at radius 3 is 2.75 bits per heavy atom. The third kappa shape index (κ3) is 2.42. The zero-order valence-electron chi connectivity index (χ0n) is 10.4. The lowest BCUT2D eigenvalue weighted by atomic mass is 9.96. The van der Waals surface area contributed by atoms with Gasteiger partial charge in [-0.3, -0.25) is 9.88 Å². The Kier molecular flexibility index (Phi) is 3.26. The van der Waals surface area contributed by atoms with Gasteiger partial charge >= 0.3 is 0 Å². The number of nitrogens with zero attached hydrogens (tertiary/aromatic N) is 2. The fourth-order valence-corrected chi connectivity index (χ4v) is 2.45. The Bertz CT molecular complexity index is 334. The molecule has 88 valence electrons. The van der Waals surface area contributed by atoms with Gasteiger partial charge in [0.15, 0.2) is 0 Å². The normalized spacial score (nSPS) is 25.6. The Morgan fingerprint density at radius 2 is 2.12 bits per heavy atom. The molecule has 2 rings (SSSR count). The molecule has 0 spiro atoms. The van der Waals surface area contributed by atoms with Crippen molar-refractivity contribution in [1.29, 1.82) is 0 Å². The van der Waals surface area contributed by atoms with Gasteiger partial charge in [0.25, 0.3) is 0 Å². The maximum atomic E-state index is 4.06. The minimum absolute atomic E-state index is 0.223. The van der Waals surface area contributed by atoms with Crippen molar-refractivity contribution in [3.05, 3.63) is 30.1 Å². The topological polar surface area (TPSA) is 28.2 Å². The average molecular weight is 219 g/mol. The van der Waals surface area contributed by atoms with Crippen molar-refractivity contribution in [2.24, 2.45) is 0 Å². The van der Waals surface area contributed by atoms with Gasteiger partial charge in [-0.05, 0) is 38.5 Å². The molecule has 16 heavy (non-hydrogen) atoms. The van der Waals surface area contributed by atoms with Crippen molar-refractivity contribution in [1.82, 2.24) is 15.2 Å². The number of piperazine rings is 1. The molecule has 0 aromatic carbocycles. The molecule has 1 aliphatic rings. The Balaban J connectivity index is 2.12. The van der Waals surface area contributed by atoms with Crippen molar-refractivity contribution < 1.29 is 0 Å². The summed E-state index contributed by atoms with van der Waals surface area (Å²) in [5, 5.41) is 3.49. The van der Waals surface area contributed by atoms with Crippen LogP contribution in [-0.4, -0.2) is 34.6 Å². The summed E-state index contributed by atoms with van der Waals surface area (Å²) in [7, 11) is 0. The van der Waals surface area contributed by atoms with E-state index in [9.17, 15) is 0 Å². The van der Waals surface area contributed by atoms with Crippen LogP contribution < -0.4 is 5.32 Å². The van der Waals surface area contributed by atoms with Gasteiger partial charge in [0, 0.05) is 43.6 Å². The molecule has 0 amide bonds. The van der Waals surface area contributed by atoms with Crippen molar-refractivity contribution in [2.45, 2.75) is 38.9 Å². The molecule has 2 heterocycles. The number of nitrogens with one attached hydrogen (secondary N) is 1. The van der Waals surface area contributed by atoms with Crippen LogP contribution in [-0.2, 0) is 6.54 Å². The molecule has 0 bridgehead atoms. The monoisotopic (exact) mass is 219 g/mol. The summed E-state index contributed by atoms with van der Waals surface area (Å²) < 4.78 is 0. The lowest BCUT2D eigenvalue weighted by Gasteiger charge is -2.47. The Hall–Kier alpha value is -0.930. The van der Waals surface area contributed by atoms with Gasteiger partial charge in [-0.1, -0.05) is 0 Å². The lowest BCUT2D eigenvalue weighted by molar-refractivity contribution is 0.0374. The predicted molar refractivity (Wildman–Crippen MR) is 66.2 cm³/mol. The molecule has 1 atom stereocenters. The van der Waals surface area contributed by atoms with E-state index in [1.807, 2.05) is 12.4 Å². The second kappa shape index (κ2) is 4.52. The van der Waals surface area contributed by atoms with Gasteiger partial charge in [0.1, 0.15) is 0 Å². The first-order chi connectivity index (χ1) is 7.59. The first-order valence-corrected chi connectivity index (χ1v) is 5.96. The maximum Gasteiger partial charge on any atom is 0.0284 e. The van der Waals surface area contributed by atoms with E-state index in [2.05, 4.69) is 48.1 Å². The molecular weight excluding hydrogens is 198 g/mol. The van der Waals surface area contributed by atoms with E-state index in [-0.39, 0.29) is 5.54 Å². The van der Waals surface area contributed by atoms with E-state index in [1.54, 1.807) is 0 Å². The smallest absolute Gasteiger partial charge is 0.0284 e. The molecule has 0 radical (unpaired) electrons. The van der Waals surface area contributed by atoms with Crippen molar-refractivity contribution >= 4 is 0 Å². The molecule has 1 saturated heterocycles. The van der Waals surface area contributed by atoms with E-state index in [4.69, 9.17) is 0 Å². The number of aromatic nitrogens is 1. The summed E-state index contributed by atoms with van der Waals surface area (Å²) >= 11 is 0. The van der Waals surface area contributed by atoms with E-state index in [0.717, 1.165) is 19.6 Å². The summed E-state index contributed by atoms with van der Waals surface area (Å²) in [5.74, 6) is 0. The molecular formula is C13H21N3. The fourth-order valence-electron chi connectivity index (χ4n) is 2.45. The highest BCUT2D eigenvalue weighted by molar-refractivity contribution is 5.11. The lowest BCUT2D eigenvalue weighted by Crippen LogP contribution is -2.61. The van der Waals surface area contributed by atoms with Gasteiger partial charge in [0.05, 0.1) is 0 Å². The highest BCUT2D eigenvalue weighted by Gasteiger charge is 2.33. The Labute approximate surface area is 97.9 Å². The van der Waals surface area contributed by atoms with Gasteiger partial charge in [0.2, 0.25) is 0 Å². The van der Waals surface area contributed by atoms with Crippen molar-refractivity contribution in [3.63, 3.8) is 0 Å². The highest BCUT2D eigenvalue weighted by Crippen LogP contribution is 2.23. The standard InChI is InChI=1S/C13H21N3/c1-11-8-15-10-13(2,3)16(11)9-12-4-6-14-7-5-12/h4-7,11,15H,8-10H2,1-3H3. The van der Waals surface area contributed by atoms with Gasteiger partial charge in [-0.2, -0.15) is 0 Å². The van der Waals surface area contributed by atoms with Crippen LogP contribution in [0.5, 0.6) is 0 Å². The fraction of sp³-hybridized carbons (Fsp3) is 0.615. The highest BCUT2D eigenvalue weighted by atomic mass is 15.3. The minimum atomic E-state index is 0.223. The quantitative estimate of drug-likeness (QED) is 0.820. The van der Waals surface area contributed by atoms with E-state index in [1.165, 1.54) is 5.56 Å². The molecule has 0 saturated carbocycles. The number of hydrogen-bond donors (Lipinski definition) is 1. The SMILES string of the molecule is CC1CNCC(C)(C)N1Cc1ccncc1. The first-order valence-electron chi connectivity index (χ1n) is 5.96. The number of hydrogen-bond acceptors (Lipinski definition) is 3. The van der Waals surface area contributed by atoms with Crippen LogP contribution in [0.25, 0.3) is 0 Å². The van der Waals surface area contributed by atoms with Crippen molar-refractivity contribution in [2.75, 3.05) is 13.1 Å². The summed E-state index contributed by atoms with van der Waals surface area (Å²) in [6, 6.07) is 4.78. The second-order valence-electron chi connectivity index (χ2n) is 5.28. The van der Waals surface area contributed by atoms with Crippen LogP contribution in [0.2, 0.25) is 0 Å². The third-order valence-corrected chi connectivity index (χ3v) is 3.41. The van der Waals surface area contributed by atoms with E-state index < -0.39 is 0 Å². The molecule has 1 aromatic heterocycles. The van der Waals surface area contributed by atoms with Crippen LogP contribution >= 0.6 is 0 Å². The van der Waals surface area contributed by atoms with Crippen LogP contribution in [0, 0.1) is 0 Å². The molecule has 1 fully saturated rings. The number of pyridine rings is 1. The molecule has 1 unspecified atom stereocenters. The van der Waals surface area contributed by atoms with Gasteiger partial charge in [-0.15, -0.1) is 0 Å². The zero-order chi connectivity index (χ0) is 11.6. The van der Waals surface area contributed by atoms with Gasteiger partial charge in [-0.25, -0.2) is 0 Å². The van der Waals surface area contributed by atoms with Crippen LogP contribution in [0.15, 0.2) is 24.5 Å². The van der Waals surface area contributed by atoms with Crippen LogP contribution in [0.3, 0.4) is 0 Å². The van der Waals surface area contributed by atoms with Crippen molar-refractivity contribution in [3.8, 4) is 0 Å². The van der Waals surface area contributed by atoms with Crippen LogP contribution in [0.1, 0.15) is 26.3 Å².